The first-order valence-electron chi connectivity index (χ1n) is 6.67. The van der Waals surface area contributed by atoms with Gasteiger partial charge in [0.2, 0.25) is 0 Å². The molecule has 4 nitrogen and oxygen atoms in total. The van der Waals surface area contributed by atoms with E-state index in [1.165, 1.54) is 6.92 Å². The molecule has 2 aromatic rings. The minimum Gasteiger partial charge on any atom is -0.463 e. The minimum atomic E-state index is -0.557. The molecule has 0 heterocycles. The van der Waals surface area contributed by atoms with Gasteiger partial charge in [0.1, 0.15) is 18.1 Å². The Labute approximate surface area is 125 Å². The summed E-state index contributed by atoms with van der Waals surface area (Å²) in [4.78, 5) is 10.0. The van der Waals surface area contributed by atoms with Crippen LogP contribution >= 0.6 is 0 Å². The van der Waals surface area contributed by atoms with E-state index in [-0.39, 0.29) is 12.6 Å². The predicted molar refractivity (Wildman–Crippen MR) is 81.3 cm³/mol. The van der Waals surface area contributed by atoms with E-state index in [1.807, 2.05) is 60.7 Å². The first-order chi connectivity index (χ1) is 10.1. The van der Waals surface area contributed by atoms with Crippen molar-refractivity contribution in [2.75, 3.05) is 6.61 Å². The lowest BCUT2D eigenvalue weighted by molar-refractivity contribution is -0.143. The van der Waals surface area contributed by atoms with E-state index >= 15 is 0 Å². The number of benzene rings is 2. The number of ether oxygens (including phenoxy) is 2. The highest BCUT2D eigenvalue weighted by atomic mass is 16.5. The molecule has 0 aliphatic carbocycles. The number of aliphatic hydroxyl groups is 1. The molecule has 0 bridgehead atoms. The van der Waals surface area contributed by atoms with E-state index in [0.717, 1.165) is 11.5 Å². The van der Waals surface area contributed by atoms with Crippen LogP contribution in [0.4, 0.5) is 0 Å². The number of rotatable bonds is 4. The van der Waals surface area contributed by atoms with Gasteiger partial charge in [0.05, 0.1) is 6.10 Å². The molecular formula is C17H20O4. The monoisotopic (exact) mass is 288 g/mol. The summed E-state index contributed by atoms with van der Waals surface area (Å²) in [6.45, 7) is 2.96. The number of hydrogen-bond acceptors (Lipinski definition) is 4. The average molecular weight is 288 g/mol. The topological polar surface area (TPSA) is 55.8 Å². The van der Waals surface area contributed by atoms with Gasteiger partial charge in [0, 0.05) is 6.92 Å². The molecule has 0 spiro atoms. The van der Waals surface area contributed by atoms with Crippen LogP contribution in [0.3, 0.4) is 0 Å². The van der Waals surface area contributed by atoms with Crippen molar-refractivity contribution >= 4 is 5.97 Å². The molecule has 1 atom stereocenters. The van der Waals surface area contributed by atoms with Crippen LogP contribution in [0, 0.1) is 0 Å². The van der Waals surface area contributed by atoms with Crippen molar-refractivity contribution in [2.24, 2.45) is 0 Å². The van der Waals surface area contributed by atoms with E-state index in [2.05, 4.69) is 4.74 Å². The van der Waals surface area contributed by atoms with Crippen molar-refractivity contribution in [2.45, 2.75) is 20.0 Å². The molecule has 0 saturated carbocycles. The highest BCUT2D eigenvalue weighted by Crippen LogP contribution is 2.19. The summed E-state index contributed by atoms with van der Waals surface area (Å²) in [5.74, 6) is 1.38. The summed E-state index contributed by atoms with van der Waals surface area (Å²) < 4.78 is 9.99. The van der Waals surface area contributed by atoms with Crippen LogP contribution in [0.2, 0.25) is 0 Å². The van der Waals surface area contributed by atoms with Gasteiger partial charge in [-0.3, -0.25) is 4.79 Å². The molecule has 1 N–H and O–H groups in total. The summed E-state index contributed by atoms with van der Waals surface area (Å²) in [7, 11) is 0. The van der Waals surface area contributed by atoms with Crippen LogP contribution in [0.5, 0.6) is 11.5 Å². The van der Waals surface area contributed by atoms with Crippen molar-refractivity contribution in [3.8, 4) is 11.5 Å². The van der Waals surface area contributed by atoms with E-state index in [9.17, 15) is 4.79 Å². The lowest BCUT2D eigenvalue weighted by Crippen LogP contribution is -2.12. The average Bonchev–Trinajstić information content (AvgIpc) is 2.48. The molecular weight excluding hydrogens is 268 g/mol. The third kappa shape index (κ3) is 8.44. The Kier molecular flexibility index (Phi) is 7.61. The fourth-order valence-electron chi connectivity index (χ4n) is 1.35. The van der Waals surface area contributed by atoms with Crippen LogP contribution in [0.1, 0.15) is 13.8 Å². The number of carbonyl (C=O) groups is 1. The molecule has 21 heavy (non-hydrogen) atoms. The largest absolute Gasteiger partial charge is 0.463 e. The maximum absolute atomic E-state index is 10.0. The Morgan fingerprint density at radius 3 is 1.71 bits per heavy atom. The van der Waals surface area contributed by atoms with Crippen molar-refractivity contribution in [3.05, 3.63) is 60.7 Å². The first kappa shape index (κ1) is 16.7. The van der Waals surface area contributed by atoms with Crippen LogP contribution in [0.25, 0.3) is 0 Å². The predicted octanol–water partition coefficient (Wildman–Crippen LogP) is 3.41. The van der Waals surface area contributed by atoms with Gasteiger partial charge >= 0.3 is 5.97 Å². The second kappa shape index (κ2) is 9.55. The second-order valence-electron chi connectivity index (χ2n) is 4.38. The van der Waals surface area contributed by atoms with E-state index < -0.39 is 6.10 Å². The maximum atomic E-state index is 10.0. The quantitative estimate of drug-likeness (QED) is 0.876. The van der Waals surface area contributed by atoms with Crippen molar-refractivity contribution in [1.29, 1.82) is 0 Å². The molecule has 112 valence electrons. The summed E-state index contributed by atoms with van der Waals surface area (Å²) in [5.41, 5.74) is 0. The van der Waals surface area contributed by atoms with Gasteiger partial charge in [-0.05, 0) is 31.2 Å². The summed E-state index contributed by atoms with van der Waals surface area (Å²) in [6.07, 6.45) is -0.557. The maximum Gasteiger partial charge on any atom is 0.302 e. The van der Waals surface area contributed by atoms with Crippen LogP contribution < -0.4 is 4.74 Å². The van der Waals surface area contributed by atoms with Gasteiger partial charge in [-0.1, -0.05) is 36.4 Å². The Morgan fingerprint density at radius 1 is 1.00 bits per heavy atom. The Balaban J connectivity index is 0.000000240. The highest BCUT2D eigenvalue weighted by Gasteiger charge is 1.96. The number of esters is 1. The minimum absolute atomic E-state index is 0.0926. The smallest absolute Gasteiger partial charge is 0.302 e. The molecule has 0 aliphatic heterocycles. The van der Waals surface area contributed by atoms with E-state index in [1.54, 1.807) is 6.92 Å². The van der Waals surface area contributed by atoms with Gasteiger partial charge in [0.15, 0.2) is 0 Å². The SMILES string of the molecule is CC(=O)OCC(C)O.c1ccc(Oc2ccccc2)cc1. The lowest BCUT2D eigenvalue weighted by Gasteiger charge is -2.03. The van der Waals surface area contributed by atoms with Crippen molar-refractivity contribution in [1.82, 2.24) is 0 Å². The van der Waals surface area contributed by atoms with Crippen molar-refractivity contribution in [3.63, 3.8) is 0 Å². The third-order valence-electron chi connectivity index (χ3n) is 2.25. The summed E-state index contributed by atoms with van der Waals surface area (Å²) in [5, 5.41) is 8.52. The van der Waals surface area contributed by atoms with Gasteiger partial charge in [-0.15, -0.1) is 0 Å². The normalized spacial score (nSPS) is 10.8. The summed E-state index contributed by atoms with van der Waals surface area (Å²) in [6, 6.07) is 19.5. The zero-order valence-electron chi connectivity index (χ0n) is 12.2. The molecule has 2 aromatic carbocycles. The van der Waals surface area contributed by atoms with Gasteiger partial charge < -0.3 is 14.6 Å². The van der Waals surface area contributed by atoms with E-state index in [0.29, 0.717) is 0 Å². The molecule has 4 heteroatoms. The molecule has 0 fully saturated rings. The molecule has 0 amide bonds. The standard InChI is InChI=1S/C12H10O.C5H10O3/c1-3-7-11(8-4-1)13-12-9-5-2-6-10-12;1-4(6)3-8-5(2)7/h1-10H;4,6H,3H2,1-2H3. The first-order valence-corrected chi connectivity index (χ1v) is 6.67. The Morgan fingerprint density at radius 2 is 1.43 bits per heavy atom. The Bertz CT molecular complexity index is 471. The number of carbonyl (C=O) groups excluding carboxylic acids is 1. The number of para-hydroxylation sites is 2. The molecule has 0 saturated heterocycles. The fourth-order valence-corrected chi connectivity index (χ4v) is 1.35. The van der Waals surface area contributed by atoms with Crippen molar-refractivity contribution < 1.29 is 19.4 Å². The number of hydrogen-bond donors (Lipinski definition) is 1. The van der Waals surface area contributed by atoms with E-state index in [4.69, 9.17) is 9.84 Å². The lowest BCUT2D eigenvalue weighted by atomic mass is 10.3. The zero-order valence-corrected chi connectivity index (χ0v) is 12.2. The third-order valence-corrected chi connectivity index (χ3v) is 2.25. The fraction of sp³-hybridized carbons (Fsp3) is 0.235. The Hall–Kier alpha value is -2.33. The molecule has 0 aromatic heterocycles. The molecule has 0 radical (unpaired) electrons. The van der Waals surface area contributed by atoms with Crippen LogP contribution in [-0.2, 0) is 9.53 Å². The van der Waals surface area contributed by atoms with Crippen LogP contribution in [-0.4, -0.2) is 23.8 Å². The van der Waals surface area contributed by atoms with Gasteiger partial charge in [0.25, 0.3) is 0 Å². The second-order valence-corrected chi connectivity index (χ2v) is 4.38. The molecule has 0 aliphatic rings. The number of aliphatic hydroxyl groups excluding tert-OH is 1. The molecule has 1 unspecified atom stereocenters. The van der Waals surface area contributed by atoms with Gasteiger partial charge in [-0.2, -0.15) is 0 Å². The highest BCUT2D eigenvalue weighted by molar-refractivity contribution is 5.65. The molecule has 2 rings (SSSR count). The van der Waals surface area contributed by atoms with Gasteiger partial charge in [-0.25, -0.2) is 0 Å². The van der Waals surface area contributed by atoms with Crippen LogP contribution in [0.15, 0.2) is 60.7 Å². The summed E-state index contributed by atoms with van der Waals surface area (Å²) >= 11 is 0. The zero-order chi connectivity index (χ0) is 15.5.